The van der Waals surface area contributed by atoms with E-state index in [1.165, 1.54) is 18.2 Å². The van der Waals surface area contributed by atoms with Crippen molar-refractivity contribution in [2.75, 3.05) is 0 Å². The maximum absolute atomic E-state index is 13.1. The van der Waals surface area contributed by atoms with Crippen molar-refractivity contribution in [3.05, 3.63) is 35.1 Å². The number of hydrogen-bond acceptors (Lipinski definition) is 0. The largest absolute Gasteiger partial charge is 0.216 e. The lowest BCUT2D eigenvalue weighted by Crippen LogP contribution is -2.01. The van der Waals surface area contributed by atoms with E-state index in [0.717, 1.165) is 0 Å². The van der Waals surface area contributed by atoms with Gasteiger partial charge in [-0.15, -0.1) is 11.6 Å². The zero-order valence-corrected chi connectivity index (χ0v) is 9.35. The van der Waals surface area contributed by atoms with Crippen LogP contribution < -0.4 is 0 Å². The molecule has 0 aliphatic heterocycles. The molecule has 0 bridgehead atoms. The highest BCUT2D eigenvalue weighted by Crippen LogP contribution is 2.38. The van der Waals surface area contributed by atoms with Gasteiger partial charge in [0.05, 0.1) is 5.88 Å². The molecule has 0 unspecified atom stereocenters. The molecule has 0 radical (unpaired) electrons. The van der Waals surface area contributed by atoms with Crippen LogP contribution in [0.5, 0.6) is 0 Å². The average Bonchev–Trinajstić information content (AvgIpc) is 2.02. The van der Waals surface area contributed by atoms with Gasteiger partial charge in [-0.2, -0.15) is 0 Å². The zero-order chi connectivity index (χ0) is 10.1. The molecule has 0 N–H and O–H groups in total. The van der Waals surface area contributed by atoms with Crippen molar-refractivity contribution in [2.45, 2.75) is 9.67 Å². The molecule has 0 spiro atoms. The Morgan fingerprint density at radius 1 is 1.23 bits per heavy atom. The van der Waals surface area contributed by atoms with Crippen LogP contribution in [0.1, 0.15) is 11.1 Å². The highest BCUT2D eigenvalue weighted by atomic mass is 35.6. The van der Waals surface area contributed by atoms with E-state index in [1.54, 1.807) is 0 Å². The Balaban J connectivity index is 3.10. The van der Waals surface area contributed by atoms with Gasteiger partial charge in [0.15, 0.2) is 0 Å². The van der Waals surface area contributed by atoms with E-state index in [1.807, 2.05) is 0 Å². The fourth-order valence-electron chi connectivity index (χ4n) is 0.832. The van der Waals surface area contributed by atoms with Crippen LogP contribution in [-0.4, -0.2) is 0 Å². The van der Waals surface area contributed by atoms with Crippen LogP contribution in [-0.2, 0) is 9.67 Å². The van der Waals surface area contributed by atoms with E-state index in [-0.39, 0.29) is 5.88 Å². The molecule has 0 saturated carbocycles. The molecule has 13 heavy (non-hydrogen) atoms. The van der Waals surface area contributed by atoms with E-state index >= 15 is 0 Å². The Morgan fingerprint density at radius 2 is 1.85 bits per heavy atom. The highest BCUT2D eigenvalue weighted by molar-refractivity contribution is 6.66. The molecule has 0 aliphatic rings. The predicted molar refractivity (Wildman–Crippen MR) is 55.2 cm³/mol. The van der Waals surface area contributed by atoms with E-state index in [9.17, 15) is 4.39 Å². The number of benzene rings is 1. The second-order valence-corrected chi connectivity index (χ2v) is 4.99. The molecule has 0 heterocycles. The number of hydrogen-bond donors (Lipinski definition) is 0. The van der Waals surface area contributed by atoms with Gasteiger partial charge < -0.3 is 0 Å². The van der Waals surface area contributed by atoms with Gasteiger partial charge in [0.25, 0.3) is 0 Å². The van der Waals surface area contributed by atoms with Crippen LogP contribution in [0, 0.1) is 5.82 Å². The monoisotopic (exact) mass is 260 g/mol. The normalized spacial score (nSPS) is 11.8. The first-order valence-electron chi connectivity index (χ1n) is 3.36. The number of alkyl halides is 4. The summed E-state index contributed by atoms with van der Waals surface area (Å²) in [5.41, 5.74) is 0.684. The zero-order valence-electron chi connectivity index (χ0n) is 6.33. The molecule has 0 atom stereocenters. The van der Waals surface area contributed by atoms with Gasteiger partial charge in [-0.1, -0.05) is 46.9 Å². The van der Waals surface area contributed by atoms with Crippen molar-refractivity contribution in [1.82, 2.24) is 0 Å². The summed E-state index contributed by atoms with van der Waals surface area (Å²) in [6.45, 7) is 0. The minimum absolute atomic E-state index is 0.103. The molecule has 0 aromatic heterocycles. The van der Waals surface area contributed by atoms with Crippen molar-refractivity contribution < 1.29 is 4.39 Å². The molecule has 0 amide bonds. The SMILES string of the molecule is Fc1cc(C(Cl)(Cl)Cl)ccc1CCl. The summed E-state index contributed by atoms with van der Waals surface area (Å²) in [4.78, 5) is 0. The van der Waals surface area contributed by atoms with Crippen molar-refractivity contribution in [1.29, 1.82) is 0 Å². The van der Waals surface area contributed by atoms with Gasteiger partial charge in [-0.05, 0) is 6.07 Å². The Morgan fingerprint density at radius 3 is 2.23 bits per heavy atom. The quantitative estimate of drug-likeness (QED) is 0.658. The third kappa shape index (κ3) is 2.88. The lowest BCUT2D eigenvalue weighted by Gasteiger charge is -2.11. The summed E-state index contributed by atoms with van der Waals surface area (Å²) in [5, 5.41) is 0. The van der Waals surface area contributed by atoms with Crippen LogP contribution >= 0.6 is 46.4 Å². The summed E-state index contributed by atoms with van der Waals surface area (Å²) >= 11 is 22.1. The summed E-state index contributed by atoms with van der Waals surface area (Å²) in [5.74, 6) is -0.356. The molecule has 5 heteroatoms. The number of halogens is 5. The van der Waals surface area contributed by atoms with E-state index < -0.39 is 9.61 Å². The first-order valence-corrected chi connectivity index (χ1v) is 5.03. The molecular weight excluding hydrogens is 257 g/mol. The smallest absolute Gasteiger partial charge is 0.207 e. The molecule has 0 nitrogen and oxygen atoms in total. The van der Waals surface area contributed by atoms with E-state index in [2.05, 4.69) is 0 Å². The summed E-state index contributed by atoms with van der Waals surface area (Å²) in [6.07, 6.45) is 0. The topological polar surface area (TPSA) is 0 Å². The standard InChI is InChI=1S/C8H5Cl4F/c9-4-5-1-2-6(3-7(5)13)8(10,11)12/h1-3H,4H2. The summed E-state index contributed by atoms with van der Waals surface area (Å²) < 4.78 is 11.5. The minimum Gasteiger partial charge on any atom is -0.207 e. The second kappa shape index (κ2) is 4.22. The van der Waals surface area contributed by atoms with Crippen LogP contribution in [0.25, 0.3) is 0 Å². The van der Waals surface area contributed by atoms with Gasteiger partial charge in [-0.3, -0.25) is 0 Å². The van der Waals surface area contributed by atoms with Gasteiger partial charge in [0, 0.05) is 11.1 Å². The van der Waals surface area contributed by atoms with Crippen molar-refractivity contribution in [3.8, 4) is 0 Å². The fraction of sp³-hybridized carbons (Fsp3) is 0.250. The van der Waals surface area contributed by atoms with Gasteiger partial charge in [0.1, 0.15) is 5.82 Å². The third-order valence-corrected chi connectivity index (χ3v) is 2.47. The lowest BCUT2D eigenvalue weighted by atomic mass is 10.1. The molecule has 1 rings (SSSR count). The third-order valence-electron chi connectivity index (χ3n) is 1.52. The Labute approximate surface area is 95.5 Å². The first-order chi connectivity index (χ1) is 5.95. The lowest BCUT2D eigenvalue weighted by molar-refractivity contribution is 0.615. The van der Waals surface area contributed by atoms with E-state index in [4.69, 9.17) is 46.4 Å². The fourth-order valence-corrected chi connectivity index (χ4v) is 1.40. The molecule has 0 saturated heterocycles. The van der Waals surface area contributed by atoms with E-state index in [0.29, 0.717) is 11.1 Å². The minimum atomic E-state index is -1.59. The Kier molecular flexibility index (Phi) is 3.70. The summed E-state index contributed by atoms with van der Waals surface area (Å²) in [7, 11) is 0. The molecule has 0 fully saturated rings. The van der Waals surface area contributed by atoms with Crippen molar-refractivity contribution in [3.63, 3.8) is 0 Å². The predicted octanol–water partition coefficient (Wildman–Crippen LogP) is 4.39. The van der Waals surface area contributed by atoms with Crippen LogP contribution in [0.2, 0.25) is 0 Å². The average molecular weight is 262 g/mol. The molecule has 72 valence electrons. The van der Waals surface area contributed by atoms with Gasteiger partial charge in [-0.25, -0.2) is 4.39 Å². The van der Waals surface area contributed by atoms with Crippen LogP contribution in [0.15, 0.2) is 18.2 Å². The molecule has 0 aliphatic carbocycles. The molecule has 1 aromatic rings. The Hall–Kier alpha value is 0.310. The molecular formula is C8H5Cl4F. The van der Waals surface area contributed by atoms with Gasteiger partial charge >= 0.3 is 0 Å². The highest BCUT2D eigenvalue weighted by Gasteiger charge is 2.23. The summed E-state index contributed by atoms with van der Waals surface area (Å²) in [6, 6.07) is 4.21. The first kappa shape index (κ1) is 11.4. The molecule has 1 aromatic carbocycles. The number of rotatable bonds is 1. The Bertz CT molecular complexity index is 306. The van der Waals surface area contributed by atoms with Crippen molar-refractivity contribution >= 4 is 46.4 Å². The maximum atomic E-state index is 13.1. The van der Waals surface area contributed by atoms with Gasteiger partial charge in [0.2, 0.25) is 3.79 Å². The van der Waals surface area contributed by atoms with Crippen LogP contribution in [0.4, 0.5) is 4.39 Å². The van der Waals surface area contributed by atoms with Crippen LogP contribution in [0.3, 0.4) is 0 Å². The second-order valence-electron chi connectivity index (χ2n) is 2.44. The maximum Gasteiger partial charge on any atom is 0.216 e. The van der Waals surface area contributed by atoms with Crippen molar-refractivity contribution in [2.24, 2.45) is 0 Å².